The lowest BCUT2D eigenvalue weighted by Gasteiger charge is -2.16. The van der Waals surface area contributed by atoms with Gasteiger partial charge in [0.2, 0.25) is 0 Å². The van der Waals surface area contributed by atoms with Gasteiger partial charge in [0.15, 0.2) is 23.1 Å². The van der Waals surface area contributed by atoms with Crippen LogP contribution in [0, 0.1) is 0 Å². The van der Waals surface area contributed by atoms with Gasteiger partial charge in [-0.15, -0.1) is 0 Å². The molecule has 52 heavy (non-hydrogen) atoms. The van der Waals surface area contributed by atoms with Gasteiger partial charge in [0.1, 0.15) is 29.2 Å². The highest BCUT2D eigenvalue weighted by molar-refractivity contribution is 6.03. The first kappa shape index (κ1) is 43.2. The predicted molar refractivity (Wildman–Crippen MR) is 201 cm³/mol. The van der Waals surface area contributed by atoms with Crippen LogP contribution in [0.15, 0.2) is 97.1 Å². The van der Waals surface area contributed by atoms with Gasteiger partial charge in [0.05, 0.1) is 0 Å². The summed E-state index contributed by atoms with van der Waals surface area (Å²) in [5, 5.41) is 39.1. The number of carbonyl (C=O) groups is 5. The van der Waals surface area contributed by atoms with Crippen molar-refractivity contribution in [1.82, 2.24) is 0 Å². The quantitative estimate of drug-likeness (QED) is 0.126. The molecule has 0 saturated heterocycles. The molecule has 0 spiro atoms. The van der Waals surface area contributed by atoms with Crippen LogP contribution in [-0.4, -0.2) is 72.8 Å². The number of Topliss-reactive ketones (excluding diaryl/α,β-unsaturated/α-hetero) is 4. The standard InChI is InChI=1S/2C21H24O4.CH2O/c2*1-20(2,24)18(22)16-9-5-14(6-10-16)13-15-7-11-17(12-8-15)19(23)21(3,4)25;1-2/h2*5-12,24-25H,13H2,1-4H3;1H2. The molecule has 9 heteroatoms. The summed E-state index contributed by atoms with van der Waals surface area (Å²) in [5.41, 5.74) is 0.448. The Labute approximate surface area is 306 Å². The number of hydrogen-bond acceptors (Lipinski definition) is 9. The van der Waals surface area contributed by atoms with Crippen molar-refractivity contribution >= 4 is 29.9 Å². The molecular weight excluding hydrogens is 660 g/mol. The SMILES string of the molecule is C=O.CC(C)(O)C(=O)c1ccc(Cc2ccc(C(=O)C(C)(C)O)cc2)cc1.CC(C)(O)C(=O)c1ccc(Cc2ccc(C(=O)C(C)(C)O)cc2)cc1. The highest BCUT2D eigenvalue weighted by atomic mass is 16.3. The number of carbonyl (C=O) groups excluding carboxylic acids is 5. The summed E-state index contributed by atoms with van der Waals surface area (Å²) in [5.74, 6) is -1.25. The van der Waals surface area contributed by atoms with Crippen LogP contribution >= 0.6 is 0 Å². The van der Waals surface area contributed by atoms with E-state index in [9.17, 15) is 39.6 Å². The van der Waals surface area contributed by atoms with Crippen molar-refractivity contribution in [2.24, 2.45) is 0 Å². The molecule has 0 amide bonds. The largest absolute Gasteiger partial charge is 0.382 e. The summed E-state index contributed by atoms with van der Waals surface area (Å²) >= 11 is 0. The summed E-state index contributed by atoms with van der Waals surface area (Å²) < 4.78 is 0. The fourth-order valence-electron chi connectivity index (χ4n) is 4.98. The number of hydrogen-bond donors (Lipinski definition) is 4. The third-order valence-corrected chi connectivity index (χ3v) is 7.90. The average molecular weight is 711 g/mol. The molecule has 0 aliphatic heterocycles. The van der Waals surface area contributed by atoms with Gasteiger partial charge in [-0.1, -0.05) is 97.1 Å². The summed E-state index contributed by atoms with van der Waals surface area (Å²) in [4.78, 5) is 56.1. The number of benzene rings is 4. The van der Waals surface area contributed by atoms with Crippen molar-refractivity contribution in [3.8, 4) is 0 Å². The molecule has 0 unspecified atom stereocenters. The Kier molecular flexibility index (Phi) is 14.6. The molecular formula is C43H50O9. The van der Waals surface area contributed by atoms with E-state index in [4.69, 9.17) is 4.79 Å². The first-order chi connectivity index (χ1) is 24.0. The zero-order valence-corrected chi connectivity index (χ0v) is 31.2. The maximum absolute atomic E-state index is 12.0. The summed E-state index contributed by atoms with van der Waals surface area (Å²) in [6, 6.07) is 28.5. The number of ketones is 4. The number of aliphatic hydroxyl groups is 4. The summed E-state index contributed by atoms with van der Waals surface area (Å²) in [6.07, 6.45) is 1.32. The van der Waals surface area contributed by atoms with Gasteiger partial charge in [0.25, 0.3) is 0 Å². The normalized spacial score (nSPS) is 11.7. The van der Waals surface area contributed by atoms with E-state index in [1.54, 1.807) is 48.5 Å². The van der Waals surface area contributed by atoms with Gasteiger partial charge < -0.3 is 25.2 Å². The maximum atomic E-state index is 12.0. The van der Waals surface area contributed by atoms with Crippen LogP contribution in [0.5, 0.6) is 0 Å². The van der Waals surface area contributed by atoms with Crippen molar-refractivity contribution < 1.29 is 44.4 Å². The maximum Gasteiger partial charge on any atom is 0.193 e. The van der Waals surface area contributed by atoms with Gasteiger partial charge in [0, 0.05) is 22.3 Å². The molecule has 0 radical (unpaired) electrons. The van der Waals surface area contributed by atoms with Crippen LogP contribution in [0.4, 0.5) is 0 Å². The molecule has 0 atom stereocenters. The molecule has 0 aliphatic rings. The molecule has 4 aromatic rings. The lowest BCUT2D eigenvalue weighted by atomic mass is 9.94. The van der Waals surface area contributed by atoms with E-state index in [0.29, 0.717) is 35.1 Å². The highest BCUT2D eigenvalue weighted by Gasteiger charge is 2.27. The van der Waals surface area contributed by atoms with Crippen LogP contribution in [0.1, 0.15) is 119 Å². The Morgan fingerprint density at radius 2 is 0.500 bits per heavy atom. The van der Waals surface area contributed by atoms with Crippen molar-refractivity contribution in [3.05, 3.63) is 142 Å². The van der Waals surface area contributed by atoms with Gasteiger partial charge >= 0.3 is 0 Å². The minimum atomic E-state index is -1.38. The predicted octanol–water partition coefficient (Wildman–Crippen LogP) is 6.18. The Balaban J connectivity index is 0.000000344. The smallest absolute Gasteiger partial charge is 0.193 e. The molecule has 0 aromatic heterocycles. The molecule has 0 bridgehead atoms. The monoisotopic (exact) mass is 710 g/mol. The minimum Gasteiger partial charge on any atom is -0.382 e. The molecule has 4 rings (SSSR count). The van der Waals surface area contributed by atoms with E-state index >= 15 is 0 Å². The highest BCUT2D eigenvalue weighted by Crippen LogP contribution is 2.20. The van der Waals surface area contributed by atoms with Crippen molar-refractivity contribution in [2.75, 3.05) is 0 Å². The van der Waals surface area contributed by atoms with Crippen molar-refractivity contribution in [2.45, 2.75) is 90.6 Å². The molecule has 4 N–H and O–H groups in total. The molecule has 4 aromatic carbocycles. The zero-order valence-electron chi connectivity index (χ0n) is 31.2. The third kappa shape index (κ3) is 12.7. The van der Waals surface area contributed by atoms with E-state index < -0.39 is 22.4 Å². The van der Waals surface area contributed by atoms with Crippen LogP contribution in [0.2, 0.25) is 0 Å². The van der Waals surface area contributed by atoms with Crippen molar-refractivity contribution in [3.63, 3.8) is 0 Å². The molecule has 0 saturated carbocycles. The Morgan fingerprint density at radius 1 is 0.365 bits per heavy atom. The first-order valence-corrected chi connectivity index (χ1v) is 16.7. The Morgan fingerprint density at radius 3 is 0.615 bits per heavy atom. The van der Waals surface area contributed by atoms with Gasteiger partial charge in [-0.25, -0.2) is 0 Å². The van der Waals surface area contributed by atoms with Gasteiger partial charge in [-0.2, -0.15) is 0 Å². The fourth-order valence-corrected chi connectivity index (χ4v) is 4.98. The topological polar surface area (TPSA) is 166 Å². The van der Waals surface area contributed by atoms with E-state index in [1.165, 1.54) is 55.4 Å². The zero-order chi connectivity index (χ0) is 39.7. The molecule has 276 valence electrons. The van der Waals surface area contributed by atoms with Gasteiger partial charge in [-0.3, -0.25) is 19.2 Å². The van der Waals surface area contributed by atoms with Crippen LogP contribution in [0.25, 0.3) is 0 Å². The first-order valence-electron chi connectivity index (χ1n) is 16.7. The second-order valence-corrected chi connectivity index (χ2v) is 14.7. The minimum absolute atomic E-state index is 0.312. The fraction of sp³-hybridized carbons (Fsp3) is 0.326. The van der Waals surface area contributed by atoms with Gasteiger partial charge in [-0.05, 0) is 90.5 Å². The molecule has 0 fully saturated rings. The average Bonchev–Trinajstić information content (AvgIpc) is 3.08. The van der Waals surface area contributed by atoms with E-state index in [-0.39, 0.29) is 23.1 Å². The second-order valence-electron chi connectivity index (χ2n) is 14.7. The van der Waals surface area contributed by atoms with Crippen LogP contribution in [-0.2, 0) is 17.6 Å². The molecule has 0 heterocycles. The lowest BCUT2D eigenvalue weighted by Crippen LogP contribution is -2.31. The summed E-state index contributed by atoms with van der Waals surface area (Å²) in [6.45, 7) is 13.8. The van der Waals surface area contributed by atoms with E-state index in [1.807, 2.05) is 55.3 Å². The van der Waals surface area contributed by atoms with Crippen LogP contribution < -0.4 is 0 Å². The Bertz CT molecular complexity index is 1540. The van der Waals surface area contributed by atoms with Crippen LogP contribution in [0.3, 0.4) is 0 Å². The second kappa shape index (κ2) is 17.5. The summed E-state index contributed by atoms with van der Waals surface area (Å²) in [7, 11) is 0. The third-order valence-electron chi connectivity index (χ3n) is 7.90. The Hall–Kier alpha value is -4.93. The van der Waals surface area contributed by atoms with E-state index in [0.717, 1.165) is 22.3 Å². The molecule has 0 aliphatic carbocycles. The van der Waals surface area contributed by atoms with Crippen molar-refractivity contribution in [1.29, 1.82) is 0 Å². The number of rotatable bonds is 12. The van der Waals surface area contributed by atoms with E-state index in [2.05, 4.69) is 0 Å². The lowest BCUT2D eigenvalue weighted by molar-refractivity contribution is -0.0980. The molecule has 9 nitrogen and oxygen atoms in total.